The normalized spacial score (nSPS) is 11.1. The summed E-state index contributed by atoms with van der Waals surface area (Å²) in [6.45, 7) is 4.60. The van der Waals surface area contributed by atoms with Gasteiger partial charge in [0.2, 0.25) is 0 Å². The van der Waals surface area contributed by atoms with Crippen molar-refractivity contribution in [3.63, 3.8) is 0 Å². The van der Waals surface area contributed by atoms with Gasteiger partial charge in [-0.2, -0.15) is 0 Å². The van der Waals surface area contributed by atoms with E-state index in [1.54, 1.807) is 12.3 Å². The van der Waals surface area contributed by atoms with Crippen LogP contribution in [0.3, 0.4) is 0 Å². The number of pyridine rings is 1. The lowest BCUT2D eigenvalue weighted by atomic mass is 9.89. The summed E-state index contributed by atoms with van der Waals surface area (Å²) in [6.07, 6.45) is 3.70. The molecule has 1 aromatic rings. The number of nitrogens with one attached hydrogen (secondary N) is 1. The van der Waals surface area contributed by atoms with Crippen molar-refractivity contribution in [1.82, 2.24) is 10.3 Å². The quantitative estimate of drug-likeness (QED) is 0.798. The zero-order chi connectivity index (χ0) is 13.6. The number of rotatable bonds is 6. The van der Waals surface area contributed by atoms with Crippen LogP contribution in [0.25, 0.3) is 0 Å². The summed E-state index contributed by atoms with van der Waals surface area (Å²) in [5.74, 6) is 0.259. The first-order valence-electron chi connectivity index (χ1n) is 5.87. The predicted octanol–water partition coefficient (Wildman–Crippen LogP) is 1.23. The highest BCUT2D eigenvalue weighted by Gasteiger charge is 2.19. The summed E-state index contributed by atoms with van der Waals surface area (Å²) in [7, 11) is 1.50. The third-order valence-electron chi connectivity index (χ3n) is 2.77. The minimum Gasteiger partial charge on any atom is -0.494 e. The zero-order valence-electron chi connectivity index (χ0n) is 11.1. The molecular weight excluding hydrogens is 232 g/mol. The number of carbonyl (C=O) groups excluding carboxylic acids is 1. The fourth-order valence-corrected chi connectivity index (χ4v) is 1.54. The highest BCUT2D eigenvalue weighted by Crippen LogP contribution is 2.19. The fraction of sp³-hybridized carbons (Fsp3) is 0.538. The van der Waals surface area contributed by atoms with Crippen molar-refractivity contribution in [2.45, 2.75) is 20.3 Å². The molecule has 0 bridgehead atoms. The second-order valence-electron chi connectivity index (χ2n) is 4.90. The van der Waals surface area contributed by atoms with Crippen molar-refractivity contribution in [3.8, 4) is 5.75 Å². The molecule has 0 radical (unpaired) electrons. The molecule has 0 aromatic carbocycles. The summed E-state index contributed by atoms with van der Waals surface area (Å²) in [4.78, 5) is 15.9. The van der Waals surface area contributed by atoms with Gasteiger partial charge in [-0.25, -0.2) is 0 Å². The number of nitrogens with zero attached hydrogens (tertiary/aromatic N) is 1. The number of aliphatic hydroxyl groups excluding tert-OH is 1. The lowest BCUT2D eigenvalue weighted by Crippen LogP contribution is -2.34. The van der Waals surface area contributed by atoms with E-state index < -0.39 is 0 Å². The maximum Gasteiger partial charge on any atom is 0.255 e. The maximum atomic E-state index is 12.0. The van der Waals surface area contributed by atoms with Crippen molar-refractivity contribution in [2.24, 2.45) is 5.41 Å². The monoisotopic (exact) mass is 252 g/mol. The summed E-state index contributed by atoms with van der Waals surface area (Å²) in [5, 5.41) is 11.8. The van der Waals surface area contributed by atoms with Crippen LogP contribution in [0.5, 0.6) is 5.75 Å². The van der Waals surface area contributed by atoms with Crippen LogP contribution in [0.2, 0.25) is 0 Å². The first kappa shape index (κ1) is 14.4. The van der Waals surface area contributed by atoms with Gasteiger partial charge < -0.3 is 15.2 Å². The molecular formula is C13H20N2O3. The first-order chi connectivity index (χ1) is 8.50. The highest BCUT2D eigenvalue weighted by molar-refractivity contribution is 5.96. The Morgan fingerprint density at radius 1 is 1.56 bits per heavy atom. The standard InChI is InChI=1S/C13H20N2O3/c1-13(2,5-7-16)9-15-12(17)10-4-6-14-8-11(10)18-3/h4,6,8,16H,5,7,9H2,1-3H3,(H,15,17). The molecule has 1 heterocycles. The summed E-state index contributed by atoms with van der Waals surface area (Å²) < 4.78 is 5.08. The Kier molecular flexibility index (Phi) is 5.09. The smallest absolute Gasteiger partial charge is 0.255 e. The fourth-order valence-electron chi connectivity index (χ4n) is 1.54. The first-order valence-corrected chi connectivity index (χ1v) is 5.87. The zero-order valence-corrected chi connectivity index (χ0v) is 11.1. The molecule has 100 valence electrons. The average molecular weight is 252 g/mol. The van der Waals surface area contributed by atoms with Gasteiger partial charge in [-0.15, -0.1) is 0 Å². The Hall–Kier alpha value is -1.62. The van der Waals surface area contributed by atoms with Crippen LogP contribution in [0, 0.1) is 5.41 Å². The van der Waals surface area contributed by atoms with Gasteiger partial charge >= 0.3 is 0 Å². The van der Waals surface area contributed by atoms with Gasteiger partial charge in [0.1, 0.15) is 5.75 Å². The van der Waals surface area contributed by atoms with Crippen LogP contribution in [0.1, 0.15) is 30.6 Å². The molecule has 0 unspecified atom stereocenters. The Bertz CT molecular complexity index is 405. The van der Waals surface area contributed by atoms with E-state index in [-0.39, 0.29) is 17.9 Å². The van der Waals surface area contributed by atoms with Crippen LogP contribution in [-0.4, -0.2) is 36.3 Å². The average Bonchev–Trinajstić information content (AvgIpc) is 2.36. The van der Waals surface area contributed by atoms with Crippen LogP contribution >= 0.6 is 0 Å². The van der Waals surface area contributed by atoms with Crippen LogP contribution in [0.15, 0.2) is 18.5 Å². The second kappa shape index (κ2) is 6.35. The van der Waals surface area contributed by atoms with E-state index >= 15 is 0 Å². The van der Waals surface area contributed by atoms with Gasteiger partial charge in [-0.1, -0.05) is 13.8 Å². The summed E-state index contributed by atoms with van der Waals surface area (Å²) in [6, 6.07) is 1.62. The molecule has 0 aliphatic carbocycles. The molecule has 0 fully saturated rings. The molecule has 0 aliphatic heterocycles. The number of aromatic nitrogens is 1. The molecule has 5 heteroatoms. The lowest BCUT2D eigenvalue weighted by Gasteiger charge is -2.24. The number of carbonyl (C=O) groups is 1. The number of ether oxygens (including phenoxy) is 1. The van der Waals surface area contributed by atoms with Crippen LogP contribution < -0.4 is 10.1 Å². The van der Waals surface area contributed by atoms with E-state index in [0.29, 0.717) is 24.3 Å². The van der Waals surface area contributed by atoms with Gasteiger partial charge in [0, 0.05) is 19.3 Å². The van der Waals surface area contributed by atoms with E-state index in [0.717, 1.165) is 0 Å². The number of methoxy groups -OCH3 is 1. The van der Waals surface area contributed by atoms with Crippen molar-refractivity contribution >= 4 is 5.91 Å². The summed E-state index contributed by atoms with van der Waals surface area (Å²) in [5.41, 5.74) is 0.331. The Morgan fingerprint density at radius 3 is 2.89 bits per heavy atom. The lowest BCUT2D eigenvalue weighted by molar-refractivity contribution is 0.0925. The molecule has 2 N–H and O–H groups in total. The number of hydrogen-bond donors (Lipinski definition) is 2. The van der Waals surface area contributed by atoms with E-state index in [9.17, 15) is 4.79 Å². The van der Waals surface area contributed by atoms with Crippen molar-refractivity contribution in [3.05, 3.63) is 24.0 Å². The van der Waals surface area contributed by atoms with Gasteiger partial charge in [0.15, 0.2) is 0 Å². The van der Waals surface area contributed by atoms with Crippen LogP contribution in [0.4, 0.5) is 0 Å². The van der Waals surface area contributed by atoms with E-state index in [1.165, 1.54) is 13.3 Å². The number of hydrogen-bond acceptors (Lipinski definition) is 4. The maximum absolute atomic E-state index is 12.0. The molecule has 0 saturated heterocycles. The molecule has 5 nitrogen and oxygen atoms in total. The Balaban J connectivity index is 2.66. The van der Waals surface area contributed by atoms with E-state index in [1.807, 2.05) is 13.8 Å². The van der Waals surface area contributed by atoms with Crippen molar-refractivity contribution in [1.29, 1.82) is 0 Å². The minimum atomic E-state index is -0.194. The molecule has 18 heavy (non-hydrogen) atoms. The number of amides is 1. The molecule has 1 rings (SSSR count). The Labute approximate surface area is 107 Å². The highest BCUT2D eigenvalue weighted by atomic mass is 16.5. The molecule has 0 atom stereocenters. The van der Waals surface area contributed by atoms with Gasteiger partial charge in [-0.05, 0) is 17.9 Å². The topological polar surface area (TPSA) is 71.5 Å². The third kappa shape index (κ3) is 4.00. The summed E-state index contributed by atoms with van der Waals surface area (Å²) >= 11 is 0. The Morgan fingerprint density at radius 2 is 2.28 bits per heavy atom. The molecule has 0 saturated carbocycles. The third-order valence-corrected chi connectivity index (χ3v) is 2.77. The molecule has 0 spiro atoms. The van der Waals surface area contributed by atoms with Gasteiger partial charge in [-0.3, -0.25) is 9.78 Å². The largest absolute Gasteiger partial charge is 0.494 e. The number of aliphatic hydroxyl groups is 1. The predicted molar refractivity (Wildman–Crippen MR) is 68.6 cm³/mol. The molecule has 0 aliphatic rings. The minimum absolute atomic E-state index is 0.113. The molecule has 1 amide bonds. The van der Waals surface area contributed by atoms with E-state index in [4.69, 9.17) is 9.84 Å². The van der Waals surface area contributed by atoms with Crippen molar-refractivity contribution < 1.29 is 14.6 Å². The molecule has 1 aromatic heterocycles. The van der Waals surface area contributed by atoms with E-state index in [2.05, 4.69) is 10.3 Å². The van der Waals surface area contributed by atoms with Gasteiger partial charge in [0.25, 0.3) is 5.91 Å². The SMILES string of the molecule is COc1cnccc1C(=O)NCC(C)(C)CCO. The van der Waals surface area contributed by atoms with Gasteiger partial charge in [0.05, 0.1) is 18.9 Å². The second-order valence-corrected chi connectivity index (χ2v) is 4.90. The van der Waals surface area contributed by atoms with Crippen LogP contribution in [-0.2, 0) is 0 Å². The van der Waals surface area contributed by atoms with Crippen molar-refractivity contribution in [2.75, 3.05) is 20.3 Å².